The molecule has 2 heterocycles. The third-order valence-electron chi connectivity index (χ3n) is 2.90. The highest BCUT2D eigenvalue weighted by Gasteiger charge is 2.11. The van der Waals surface area contributed by atoms with Crippen LogP contribution >= 0.6 is 11.6 Å². The van der Waals surface area contributed by atoms with E-state index in [2.05, 4.69) is 20.2 Å². The van der Waals surface area contributed by atoms with E-state index in [-0.39, 0.29) is 5.95 Å². The van der Waals surface area contributed by atoms with Crippen LogP contribution in [0.5, 0.6) is 11.6 Å². The number of nitrogens with zero attached hydrogens (tertiary/aromatic N) is 3. The van der Waals surface area contributed by atoms with E-state index in [4.69, 9.17) is 22.1 Å². The molecule has 2 aromatic heterocycles. The van der Waals surface area contributed by atoms with Crippen LogP contribution in [0.25, 0.3) is 11.0 Å². The van der Waals surface area contributed by atoms with Crippen LogP contribution in [-0.2, 0) is 6.42 Å². The van der Waals surface area contributed by atoms with Crippen LogP contribution in [0.15, 0.2) is 24.4 Å². The number of hydrogen-bond donors (Lipinski definition) is 2. The number of aromatic nitrogens is 4. The molecule has 6 nitrogen and oxygen atoms in total. The molecule has 0 atom stereocenters. The molecule has 1 aromatic carbocycles. The number of nitrogens with two attached hydrogens (primary N) is 1. The SMILES string of the molecule is CCc1cc(Oc2nc(N)nc3[nH]ncc23)ccc1Cl. The van der Waals surface area contributed by atoms with Gasteiger partial charge >= 0.3 is 0 Å². The number of halogens is 1. The summed E-state index contributed by atoms with van der Waals surface area (Å²) >= 11 is 6.09. The van der Waals surface area contributed by atoms with Crippen molar-refractivity contribution in [1.82, 2.24) is 20.2 Å². The summed E-state index contributed by atoms with van der Waals surface area (Å²) in [6.07, 6.45) is 2.42. The van der Waals surface area contributed by atoms with Gasteiger partial charge in [0.1, 0.15) is 11.1 Å². The lowest BCUT2D eigenvalue weighted by molar-refractivity contribution is 0.468. The largest absolute Gasteiger partial charge is 0.438 e. The summed E-state index contributed by atoms with van der Waals surface area (Å²) < 4.78 is 5.78. The van der Waals surface area contributed by atoms with Gasteiger partial charge in [-0.2, -0.15) is 15.1 Å². The summed E-state index contributed by atoms with van der Waals surface area (Å²) in [5.74, 6) is 1.14. The third kappa shape index (κ3) is 2.25. The Labute approximate surface area is 119 Å². The Morgan fingerprint density at radius 1 is 1.35 bits per heavy atom. The Morgan fingerprint density at radius 2 is 2.20 bits per heavy atom. The molecule has 102 valence electrons. The number of rotatable bonds is 3. The second kappa shape index (κ2) is 4.97. The van der Waals surface area contributed by atoms with E-state index in [0.29, 0.717) is 22.7 Å². The molecule has 7 heteroatoms. The van der Waals surface area contributed by atoms with Gasteiger partial charge in [-0.05, 0) is 30.2 Å². The molecule has 0 aliphatic carbocycles. The average molecular weight is 290 g/mol. The first-order valence-electron chi connectivity index (χ1n) is 6.10. The topological polar surface area (TPSA) is 89.7 Å². The van der Waals surface area contributed by atoms with Gasteiger partial charge in [0.2, 0.25) is 11.8 Å². The van der Waals surface area contributed by atoms with Crippen LogP contribution in [-0.4, -0.2) is 20.2 Å². The van der Waals surface area contributed by atoms with E-state index in [9.17, 15) is 0 Å². The summed E-state index contributed by atoms with van der Waals surface area (Å²) in [6.45, 7) is 2.03. The highest BCUT2D eigenvalue weighted by atomic mass is 35.5. The van der Waals surface area contributed by atoms with Crippen molar-refractivity contribution in [2.45, 2.75) is 13.3 Å². The number of aryl methyl sites for hydroxylation is 1. The van der Waals surface area contributed by atoms with Gasteiger partial charge in [0.25, 0.3) is 0 Å². The van der Waals surface area contributed by atoms with Crippen molar-refractivity contribution in [1.29, 1.82) is 0 Å². The minimum absolute atomic E-state index is 0.126. The molecule has 0 radical (unpaired) electrons. The molecule has 0 aliphatic rings. The molecule has 3 N–H and O–H groups in total. The molecule has 0 fully saturated rings. The van der Waals surface area contributed by atoms with Crippen molar-refractivity contribution in [2.24, 2.45) is 0 Å². The summed E-state index contributed by atoms with van der Waals surface area (Å²) in [5, 5.41) is 8.04. The second-order valence-electron chi connectivity index (χ2n) is 4.23. The summed E-state index contributed by atoms with van der Waals surface area (Å²) in [6, 6.07) is 5.46. The summed E-state index contributed by atoms with van der Waals surface area (Å²) in [4.78, 5) is 8.13. The van der Waals surface area contributed by atoms with Crippen LogP contribution in [0.2, 0.25) is 5.02 Å². The molecule has 0 aliphatic heterocycles. The molecule has 0 saturated carbocycles. The van der Waals surface area contributed by atoms with Gasteiger partial charge < -0.3 is 10.5 Å². The second-order valence-corrected chi connectivity index (χ2v) is 4.64. The highest BCUT2D eigenvalue weighted by Crippen LogP contribution is 2.29. The average Bonchev–Trinajstić information content (AvgIpc) is 2.89. The van der Waals surface area contributed by atoms with Gasteiger partial charge in [-0.15, -0.1) is 0 Å². The first kappa shape index (κ1) is 12.7. The minimum Gasteiger partial charge on any atom is -0.438 e. The maximum absolute atomic E-state index is 6.09. The molecule has 3 rings (SSSR count). The monoisotopic (exact) mass is 289 g/mol. The van der Waals surface area contributed by atoms with E-state index < -0.39 is 0 Å². The molecule has 20 heavy (non-hydrogen) atoms. The van der Waals surface area contributed by atoms with Crippen LogP contribution < -0.4 is 10.5 Å². The van der Waals surface area contributed by atoms with Crippen molar-refractivity contribution in [3.05, 3.63) is 35.0 Å². The predicted octanol–water partition coefficient (Wildman–Crippen LogP) is 2.94. The standard InChI is InChI=1S/C13H12ClN5O/c1-2-7-5-8(3-4-10(7)14)20-12-9-6-16-19-11(9)17-13(15)18-12/h3-6H,2H2,1H3,(H3,15,16,17,18,19). The number of anilines is 1. The lowest BCUT2D eigenvalue weighted by Gasteiger charge is -2.08. The van der Waals surface area contributed by atoms with Crippen molar-refractivity contribution in [2.75, 3.05) is 5.73 Å². The Balaban J connectivity index is 2.02. The fraction of sp³-hybridized carbons (Fsp3) is 0.154. The van der Waals surface area contributed by atoms with Crippen molar-refractivity contribution in [3.63, 3.8) is 0 Å². The van der Waals surface area contributed by atoms with E-state index in [1.807, 2.05) is 13.0 Å². The zero-order valence-corrected chi connectivity index (χ0v) is 11.5. The molecule has 0 unspecified atom stereocenters. The van der Waals surface area contributed by atoms with Crippen LogP contribution in [0, 0.1) is 0 Å². The van der Waals surface area contributed by atoms with Crippen molar-refractivity contribution < 1.29 is 4.74 Å². The van der Waals surface area contributed by atoms with Gasteiger partial charge in [-0.3, -0.25) is 5.10 Å². The molecule has 0 bridgehead atoms. The summed E-state index contributed by atoms with van der Waals surface area (Å²) in [7, 11) is 0. The van der Waals surface area contributed by atoms with Gasteiger partial charge in [0.05, 0.1) is 6.20 Å². The number of ether oxygens (including phenoxy) is 1. The maximum Gasteiger partial charge on any atom is 0.235 e. The number of hydrogen-bond acceptors (Lipinski definition) is 5. The molecular formula is C13H12ClN5O. The number of aromatic amines is 1. The molecule has 0 saturated heterocycles. The van der Waals surface area contributed by atoms with Gasteiger partial charge in [-0.1, -0.05) is 18.5 Å². The molecular weight excluding hydrogens is 278 g/mol. The lowest BCUT2D eigenvalue weighted by atomic mass is 10.1. The molecule has 0 amide bonds. The van der Waals surface area contributed by atoms with Crippen LogP contribution in [0.4, 0.5) is 5.95 Å². The Hall–Kier alpha value is -2.34. The number of nitrogen functional groups attached to an aromatic ring is 1. The number of fused-ring (bicyclic) bond motifs is 1. The predicted molar refractivity (Wildman–Crippen MR) is 77.0 cm³/mol. The van der Waals surface area contributed by atoms with E-state index in [0.717, 1.165) is 17.0 Å². The van der Waals surface area contributed by atoms with Crippen molar-refractivity contribution in [3.8, 4) is 11.6 Å². The lowest BCUT2D eigenvalue weighted by Crippen LogP contribution is -1.98. The van der Waals surface area contributed by atoms with E-state index >= 15 is 0 Å². The third-order valence-corrected chi connectivity index (χ3v) is 3.27. The first-order chi connectivity index (χ1) is 9.67. The first-order valence-corrected chi connectivity index (χ1v) is 6.48. The smallest absolute Gasteiger partial charge is 0.235 e. The van der Waals surface area contributed by atoms with E-state index in [1.54, 1.807) is 18.3 Å². The highest BCUT2D eigenvalue weighted by molar-refractivity contribution is 6.31. The number of nitrogens with one attached hydrogen (secondary N) is 1. The zero-order valence-electron chi connectivity index (χ0n) is 10.7. The fourth-order valence-electron chi connectivity index (χ4n) is 1.90. The Bertz CT molecular complexity index is 771. The van der Waals surface area contributed by atoms with Crippen LogP contribution in [0.1, 0.15) is 12.5 Å². The van der Waals surface area contributed by atoms with Gasteiger partial charge in [0, 0.05) is 5.02 Å². The van der Waals surface area contributed by atoms with Gasteiger partial charge in [-0.25, -0.2) is 0 Å². The fourth-order valence-corrected chi connectivity index (χ4v) is 2.15. The van der Waals surface area contributed by atoms with Crippen molar-refractivity contribution >= 4 is 28.6 Å². The molecule has 0 spiro atoms. The molecule has 3 aromatic rings. The summed E-state index contributed by atoms with van der Waals surface area (Å²) in [5.41, 5.74) is 7.19. The van der Waals surface area contributed by atoms with Crippen LogP contribution in [0.3, 0.4) is 0 Å². The van der Waals surface area contributed by atoms with E-state index in [1.165, 1.54) is 0 Å². The van der Waals surface area contributed by atoms with Gasteiger partial charge in [0.15, 0.2) is 5.65 Å². The normalized spacial score (nSPS) is 10.9. The zero-order chi connectivity index (χ0) is 14.1. The Morgan fingerprint density at radius 3 is 3.00 bits per heavy atom. The number of H-pyrrole nitrogens is 1. The number of benzene rings is 1. The minimum atomic E-state index is 0.126. The quantitative estimate of drug-likeness (QED) is 0.773. The maximum atomic E-state index is 6.09. The Kier molecular flexibility index (Phi) is 3.15.